The number of anilines is 1. The van der Waals surface area contributed by atoms with Crippen molar-refractivity contribution in [3.05, 3.63) is 101 Å². The fraction of sp³-hybridized carbons (Fsp3) is 0.200. The summed E-state index contributed by atoms with van der Waals surface area (Å²) < 4.78 is 25.6. The first kappa shape index (κ1) is 28.3. The molecule has 1 aliphatic rings. The standard InChI is InChI=1S/C30H26FN3O5S2/c1-3-38-21-13-9-18(10-14-21)25-24(26(35)19-11-15-22(16-12-19)39-4-2)27(36)28(37)34(25)29-32-33-30(41-29)40-17-20-7-5-6-8-23(20)31/h5-16,25,35H,3-4,17H2,1-2H3/b26-24-. The van der Waals surface area contributed by atoms with Crippen LogP contribution in [-0.2, 0) is 15.3 Å². The Balaban J connectivity index is 1.53. The van der Waals surface area contributed by atoms with E-state index in [9.17, 15) is 19.1 Å². The number of hydrogen-bond acceptors (Lipinski definition) is 9. The molecule has 11 heteroatoms. The van der Waals surface area contributed by atoms with E-state index in [1.807, 2.05) is 13.8 Å². The normalized spacial score (nSPS) is 16.3. The lowest BCUT2D eigenvalue weighted by molar-refractivity contribution is -0.132. The van der Waals surface area contributed by atoms with Gasteiger partial charge in [0.1, 0.15) is 23.1 Å². The van der Waals surface area contributed by atoms with Crippen molar-refractivity contribution in [1.82, 2.24) is 10.2 Å². The van der Waals surface area contributed by atoms with E-state index >= 15 is 0 Å². The van der Waals surface area contributed by atoms with Gasteiger partial charge in [-0.1, -0.05) is 53.4 Å². The van der Waals surface area contributed by atoms with Crippen molar-refractivity contribution in [2.24, 2.45) is 0 Å². The monoisotopic (exact) mass is 591 g/mol. The van der Waals surface area contributed by atoms with Crippen LogP contribution in [0.25, 0.3) is 5.76 Å². The van der Waals surface area contributed by atoms with Crippen LogP contribution in [0, 0.1) is 5.82 Å². The zero-order chi connectivity index (χ0) is 28.9. The van der Waals surface area contributed by atoms with Crippen molar-refractivity contribution < 1.29 is 28.6 Å². The van der Waals surface area contributed by atoms with E-state index in [1.54, 1.807) is 66.7 Å². The number of hydrogen-bond donors (Lipinski definition) is 1. The van der Waals surface area contributed by atoms with Crippen molar-refractivity contribution in [2.45, 2.75) is 30.0 Å². The molecule has 0 bridgehead atoms. The summed E-state index contributed by atoms with van der Waals surface area (Å²) in [6, 6.07) is 19.1. The lowest BCUT2D eigenvalue weighted by Gasteiger charge is -2.22. The zero-order valence-corrected chi connectivity index (χ0v) is 23.9. The Morgan fingerprint density at radius 2 is 1.59 bits per heavy atom. The number of amides is 1. The minimum Gasteiger partial charge on any atom is -0.507 e. The molecule has 8 nitrogen and oxygen atoms in total. The smallest absolute Gasteiger partial charge is 0.301 e. The van der Waals surface area contributed by atoms with Crippen molar-refractivity contribution in [1.29, 1.82) is 0 Å². The Morgan fingerprint density at radius 3 is 2.22 bits per heavy atom. The number of rotatable bonds is 10. The minimum atomic E-state index is -0.963. The van der Waals surface area contributed by atoms with Gasteiger partial charge >= 0.3 is 5.91 Å². The molecule has 0 radical (unpaired) electrons. The van der Waals surface area contributed by atoms with E-state index < -0.39 is 17.7 Å². The quantitative estimate of drug-likeness (QED) is 0.0744. The molecule has 41 heavy (non-hydrogen) atoms. The summed E-state index contributed by atoms with van der Waals surface area (Å²) in [5.74, 6) is -0.750. The lowest BCUT2D eigenvalue weighted by atomic mass is 9.95. The highest BCUT2D eigenvalue weighted by atomic mass is 32.2. The lowest BCUT2D eigenvalue weighted by Crippen LogP contribution is -2.29. The van der Waals surface area contributed by atoms with E-state index in [-0.39, 0.29) is 22.3 Å². The number of Topliss-reactive ketones (excluding diaryl/α,β-unsaturated/α-hetero) is 1. The van der Waals surface area contributed by atoms with Crippen LogP contribution in [0.1, 0.15) is 36.6 Å². The molecule has 0 spiro atoms. The van der Waals surface area contributed by atoms with Gasteiger partial charge in [-0.3, -0.25) is 14.5 Å². The van der Waals surface area contributed by atoms with Crippen LogP contribution in [0.3, 0.4) is 0 Å². The summed E-state index contributed by atoms with van der Waals surface area (Å²) in [4.78, 5) is 28.1. The number of ketones is 1. The first-order chi connectivity index (χ1) is 19.9. The number of ether oxygens (including phenoxy) is 2. The number of carbonyl (C=O) groups is 2. The molecule has 1 N–H and O–H groups in total. The molecule has 2 heterocycles. The number of aliphatic hydroxyl groups is 1. The number of benzene rings is 3. The van der Waals surface area contributed by atoms with Crippen LogP contribution in [-0.4, -0.2) is 40.2 Å². The highest BCUT2D eigenvalue weighted by molar-refractivity contribution is 8.00. The molecule has 1 saturated heterocycles. The van der Waals surface area contributed by atoms with Crippen molar-refractivity contribution in [3.8, 4) is 11.5 Å². The van der Waals surface area contributed by atoms with Crippen molar-refractivity contribution in [2.75, 3.05) is 18.1 Å². The average Bonchev–Trinajstić information content (AvgIpc) is 3.55. The van der Waals surface area contributed by atoms with Crippen LogP contribution in [0.2, 0.25) is 0 Å². The summed E-state index contributed by atoms with van der Waals surface area (Å²) in [6.45, 7) is 4.70. The topological polar surface area (TPSA) is 102 Å². The molecule has 1 fully saturated rings. The van der Waals surface area contributed by atoms with Gasteiger partial charge in [0.05, 0.1) is 24.8 Å². The molecule has 5 rings (SSSR count). The second-order valence-electron chi connectivity index (χ2n) is 8.86. The second-order valence-corrected chi connectivity index (χ2v) is 11.0. The number of aromatic nitrogens is 2. The van der Waals surface area contributed by atoms with Crippen LogP contribution in [0.15, 0.2) is 82.7 Å². The molecule has 0 aliphatic carbocycles. The van der Waals surface area contributed by atoms with Crippen LogP contribution in [0.5, 0.6) is 11.5 Å². The molecule has 210 valence electrons. The molecule has 1 atom stereocenters. The Bertz CT molecular complexity index is 1590. The summed E-state index contributed by atoms with van der Waals surface area (Å²) >= 11 is 2.39. The molecule has 1 aliphatic heterocycles. The number of carbonyl (C=O) groups excluding carboxylic acids is 2. The Kier molecular flexibility index (Phi) is 8.65. The maximum Gasteiger partial charge on any atom is 0.301 e. The number of halogens is 1. The maximum absolute atomic E-state index is 14.1. The molecule has 1 unspecified atom stereocenters. The molecular weight excluding hydrogens is 565 g/mol. The van der Waals surface area contributed by atoms with Gasteiger partial charge in [-0.15, -0.1) is 10.2 Å². The summed E-state index contributed by atoms with van der Waals surface area (Å²) in [7, 11) is 0. The third kappa shape index (κ3) is 5.96. The molecular formula is C30H26FN3O5S2. The van der Waals surface area contributed by atoms with E-state index in [1.165, 1.54) is 22.7 Å². The molecule has 3 aromatic carbocycles. The maximum atomic E-state index is 14.1. The second kappa shape index (κ2) is 12.5. The predicted octanol–water partition coefficient (Wildman–Crippen LogP) is 6.39. The Morgan fingerprint density at radius 1 is 0.951 bits per heavy atom. The van der Waals surface area contributed by atoms with Gasteiger partial charge in [0.2, 0.25) is 5.13 Å². The van der Waals surface area contributed by atoms with Crippen LogP contribution >= 0.6 is 23.1 Å². The third-order valence-electron chi connectivity index (χ3n) is 6.30. The van der Waals surface area contributed by atoms with E-state index in [0.29, 0.717) is 51.5 Å². The van der Waals surface area contributed by atoms with E-state index in [4.69, 9.17) is 9.47 Å². The highest BCUT2D eigenvalue weighted by Gasteiger charge is 2.48. The summed E-state index contributed by atoms with van der Waals surface area (Å²) in [6.07, 6.45) is 0. The minimum absolute atomic E-state index is 0.0703. The molecule has 0 saturated carbocycles. The average molecular weight is 592 g/mol. The van der Waals surface area contributed by atoms with E-state index in [0.717, 1.165) is 11.3 Å². The van der Waals surface area contributed by atoms with Gasteiger partial charge in [-0.25, -0.2) is 4.39 Å². The first-order valence-electron chi connectivity index (χ1n) is 12.9. The number of aliphatic hydroxyl groups excluding tert-OH is 1. The van der Waals surface area contributed by atoms with Crippen LogP contribution < -0.4 is 14.4 Å². The predicted molar refractivity (Wildman–Crippen MR) is 156 cm³/mol. The SMILES string of the molecule is CCOc1ccc(/C(O)=C2/C(=O)C(=O)N(c3nnc(SCc4ccccc4F)s3)C2c2ccc(OCC)cc2)cc1. The van der Waals surface area contributed by atoms with Gasteiger partial charge in [0, 0.05) is 11.3 Å². The fourth-order valence-electron chi connectivity index (χ4n) is 4.40. The van der Waals surface area contributed by atoms with E-state index in [2.05, 4.69) is 10.2 Å². The van der Waals surface area contributed by atoms with Gasteiger partial charge in [0.25, 0.3) is 5.78 Å². The van der Waals surface area contributed by atoms with Crippen molar-refractivity contribution in [3.63, 3.8) is 0 Å². The first-order valence-corrected chi connectivity index (χ1v) is 14.7. The number of nitrogens with zero attached hydrogens (tertiary/aromatic N) is 3. The Labute approximate surface area is 244 Å². The fourth-order valence-corrected chi connectivity index (χ4v) is 6.26. The largest absolute Gasteiger partial charge is 0.507 e. The summed E-state index contributed by atoms with van der Waals surface area (Å²) in [5.41, 5.74) is 1.38. The highest BCUT2D eigenvalue weighted by Crippen LogP contribution is 2.44. The van der Waals surface area contributed by atoms with Gasteiger partial charge in [0.15, 0.2) is 4.34 Å². The molecule has 1 aromatic heterocycles. The van der Waals surface area contributed by atoms with Gasteiger partial charge in [-0.2, -0.15) is 0 Å². The summed E-state index contributed by atoms with van der Waals surface area (Å²) in [5, 5.41) is 19.9. The molecule has 4 aromatic rings. The Hall–Kier alpha value is -4.22. The molecule has 1 amide bonds. The van der Waals surface area contributed by atoms with Crippen molar-refractivity contribution >= 4 is 45.7 Å². The van der Waals surface area contributed by atoms with Gasteiger partial charge in [-0.05, 0) is 67.4 Å². The van der Waals surface area contributed by atoms with Crippen LogP contribution in [0.4, 0.5) is 9.52 Å². The third-order valence-corrected chi connectivity index (χ3v) is 8.41. The number of thioether (sulfide) groups is 1. The van der Waals surface area contributed by atoms with Gasteiger partial charge < -0.3 is 14.6 Å². The zero-order valence-electron chi connectivity index (χ0n) is 22.2.